The highest BCUT2D eigenvalue weighted by Crippen LogP contribution is 2.50. The Morgan fingerprint density at radius 1 is 1.17 bits per heavy atom. The van der Waals surface area contributed by atoms with E-state index in [0.29, 0.717) is 6.42 Å². The zero-order chi connectivity index (χ0) is 20.4. The molecule has 0 aliphatic carbocycles. The summed E-state index contributed by atoms with van der Waals surface area (Å²) in [5.41, 5.74) is 2.60. The molecule has 0 spiro atoms. The number of aromatic nitrogens is 1. The van der Waals surface area contributed by atoms with E-state index in [0.717, 1.165) is 22.2 Å². The van der Waals surface area contributed by atoms with Crippen LogP contribution in [-0.4, -0.2) is 45.6 Å². The van der Waals surface area contributed by atoms with Crippen molar-refractivity contribution in [3.05, 3.63) is 42.1 Å². The minimum atomic E-state index is -0.660. The summed E-state index contributed by atoms with van der Waals surface area (Å²) < 4.78 is 0. The standard InChI is InChI=1S/C23H23N3O3/c1-4-12(2)25-22(28)17-16-10-9-15-8-7-14-6-5-11-24-19(14)21(15)26(16)20(13(3)27)18(17)23(25)29/h5-12,16-18,20H,4H2,1-3H3/t12-,16-,17+,18-,20+/m1/s1. The van der Waals surface area contributed by atoms with E-state index >= 15 is 0 Å². The molecule has 148 valence electrons. The third-order valence-corrected chi connectivity index (χ3v) is 6.72. The van der Waals surface area contributed by atoms with Gasteiger partial charge >= 0.3 is 0 Å². The fraction of sp³-hybridized carbons (Fsp3) is 0.391. The van der Waals surface area contributed by atoms with Crippen LogP contribution in [0.15, 0.2) is 36.5 Å². The largest absolute Gasteiger partial charge is 0.351 e. The van der Waals surface area contributed by atoms with Crippen molar-refractivity contribution < 1.29 is 14.4 Å². The SMILES string of the molecule is CC[C@@H](C)N1C(=O)[C@@H]2[C@@H](C1=O)[C@H](C(C)=O)N1c3c(ccc4cccnc34)C=C[C@H]21. The lowest BCUT2D eigenvalue weighted by atomic mass is 9.88. The number of carbonyl (C=O) groups excluding carboxylic acids is 3. The molecule has 0 radical (unpaired) electrons. The van der Waals surface area contributed by atoms with Gasteiger partial charge < -0.3 is 4.90 Å². The van der Waals surface area contributed by atoms with Gasteiger partial charge in [0.05, 0.1) is 29.1 Å². The number of pyridine rings is 1. The van der Waals surface area contributed by atoms with Crippen LogP contribution >= 0.6 is 0 Å². The molecule has 1 aromatic carbocycles. The summed E-state index contributed by atoms with van der Waals surface area (Å²) in [4.78, 5) is 47.4. The zero-order valence-electron chi connectivity index (χ0n) is 16.7. The molecule has 2 amide bonds. The average molecular weight is 389 g/mol. The van der Waals surface area contributed by atoms with Crippen LogP contribution in [0.25, 0.3) is 17.0 Å². The highest BCUT2D eigenvalue weighted by molar-refractivity contribution is 6.12. The second kappa shape index (κ2) is 6.24. The number of likely N-dealkylation sites (tertiary alicyclic amines) is 1. The van der Waals surface area contributed by atoms with Crippen LogP contribution in [0.4, 0.5) is 5.69 Å². The van der Waals surface area contributed by atoms with Crippen molar-refractivity contribution in [2.24, 2.45) is 11.8 Å². The van der Waals surface area contributed by atoms with Gasteiger partial charge in [-0.25, -0.2) is 0 Å². The van der Waals surface area contributed by atoms with Gasteiger partial charge in [-0.15, -0.1) is 0 Å². The maximum Gasteiger partial charge on any atom is 0.235 e. The first-order valence-corrected chi connectivity index (χ1v) is 10.2. The van der Waals surface area contributed by atoms with E-state index in [-0.39, 0.29) is 29.7 Å². The van der Waals surface area contributed by atoms with Crippen molar-refractivity contribution in [3.63, 3.8) is 0 Å². The van der Waals surface area contributed by atoms with E-state index in [2.05, 4.69) is 4.98 Å². The Morgan fingerprint density at radius 3 is 2.66 bits per heavy atom. The Hall–Kier alpha value is -3.02. The van der Waals surface area contributed by atoms with Gasteiger partial charge in [-0.05, 0) is 31.9 Å². The van der Waals surface area contributed by atoms with Crippen LogP contribution in [0, 0.1) is 11.8 Å². The number of nitrogens with zero attached hydrogens (tertiary/aromatic N) is 3. The smallest absolute Gasteiger partial charge is 0.235 e. The van der Waals surface area contributed by atoms with Crippen molar-refractivity contribution in [1.29, 1.82) is 0 Å². The second-order valence-electron chi connectivity index (χ2n) is 8.25. The number of imide groups is 1. The number of fused-ring (bicyclic) bond motifs is 7. The third kappa shape index (κ3) is 2.29. The summed E-state index contributed by atoms with van der Waals surface area (Å²) in [6.45, 7) is 5.37. The van der Waals surface area contributed by atoms with Gasteiger partial charge in [0.25, 0.3) is 0 Å². The van der Waals surface area contributed by atoms with E-state index in [1.807, 2.05) is 55.2 Å². The minimum absolute atomic E-state index is 0.0937. The number of benzene rings is 1. The maximum absolute atomic E-state index is 13.3. The number of ketones is 1. The molecule has 5 rings (SSSR count). The first-order valence-electron chi connectivity index (χ1n) is 10.2. The monoisotopic (exact) mass is 389 g/mol. The molecule has 3 aliphatic heterocycles. The first-order chi connectivity index (χ1) is 14.0. The summed E-state index contributed by atoms with van der Waals surface area (Å²) in [6, 6.07) is 6.73. The molecule has 2 saturated heterocycles. The number of amides is 2. The topological polar surface area (TPSA) is 70.6 Å². The molecule has 6 nitrogen and oxygen atoms in total. The number of rotatable bonds is 3. The number of hydrogen-bond donors (Lipinski definition) is 0. The Morgan fingerprint density at radius 2 is 1.93 bits per heavy atom. The van der Waals surface area contributed by atoms with Crippen LogP contribution in [0.2, 0.25) is 0 Å². The molecular weight excluding hydrogens is 366 g/mol. The third-order valence-electron chi connectivity index (χ3n) is 6.72. The maximum atomic E-state index is 13.3. The van der Waals surface area contributed by atoms with Gasteiger partial charge in [0.15, 0.2) is 5.78 Å². The molecule has 0 N–H and O–H groups in total. The summed E-state index contributed by atoms with van der Waals surface area (Å²) in [5.74, 6) is -1.65. The lowest BCUT2D eigenvalue weighted by Crippen LogP contribution is -2.49. The molecule has 6 heteroatoms. The van der Waals surface area contributed by atoms with Crippen molar-refractivity contribution in [2.45, 2.75) is 45.3 Å². The van der Waals surface area contributed by atoms with Crippen molar-refractivity contribution in [3.8, 4) is 0 Å². The molecule has 3 aliphatic rings. The predicted molar refractivity (Wildman–Crippen MR) is 110 cm³/mol. The van der Waals surface area contributed by atoms with Crippen LogP contribution in [0.1, 0.15) is 32.8 Å². The minimum Gasteiger partial charge on any atom is -0.351 e. The van der Waals surface area contributed by atoms with Crippen LogP contribution in [0.5, 0.6) is 0 Å². The highest BCUT2D eigenvalue weighted by Gasteiger charge is 2.64. The fourth-order valence-corrected chi connectivity index (χ4v) is 5.28. The Bertz CT molecular complexity index is 1090. The molecule has 1 aromatic heterocycles. The normalized spacial score (nSPS) is 28.5. The van der Waals surface area contributed by atoms with Gasteiger partial charge in [0, 0.05) is 17.6 Å². The number of carbonyl (C=O) groups is 3. The zero-order valence-corrected chi connectivity index (χ0v) is 16.7. The van der Waals surface area contributed by atoms with E-state index in [4.69, 9.17) is 0 Å². The quantitative estimate of drug-likeness (QED) is 0.755. The summed E-state index contributed by atoms with van der Waals surface area (Å²) >= 11 is 0. The Kier molecular flexibility index (Phi) is 3.88. The van der Waals surface area contributed by atoms with E-state index in [1.54, 1.807) is 6.20 Å². The Balaban J connectivity index is 1.71. The molecule has 29 heavy (non-hydrogen) atoms. The van der Waals surface area contributed by atoms with Gasteiger partial charge in [-0.3, -0.25) is 24.3 Å². The number of hydrogen-bond acceptors (Lipinski definition) is 5. The van der Waals surface area contributed by atoms with Gasteiger partial charge in [0.1, 0.15) is 6.04 Å². The summed E-state index contributed by atoms with van der Waals surface area (Å²) in [7, 11) is 0. The molecule has 0 unspecified atom stereocenters. The lowest BCUT2D eigenvalue weighted by molar-refractivity contribution is -0.143. The number of Topliss-reactive ketones (excluding diaryl/α,β-unsaturated/α-hetero) is 1. The second-order valence-corrected chi connectivity index (χ2v) is 8.25. The van der Waals surface area contributed by atoms with Gasteiger partial charge in [-0.2, -0.15) is 0 Å². The molecular formula is C23H23N3O3. The van der Waals surface area contributed by atoms with Crippen LogP contribution < -0.4 is 4.90 Å². The van der Waals surface area contributed by atoms with Crippen molar-refractivity contribution in [1.82, 2.24) is 9.88 Å². The molecule has 5 atom stereocenters. The highest BCUT2D eigenvalue weighted by atomic mass is 16.2. The van der Waals surface area contributed by atoms with Crippen LogP contribution in [0.3, 0.4) is 0 Å². The van der Waals surface area contributed by atoms with Gasteiger partial charge in [-0.1, -0.05) is 37.3 Å². The first kappa shape index (κ1) is 18.0. The molecule has 4 heterocycles. The lowest BCUT2D eigenvalue weighted by Gasteiger charge is -2.37. The molecule has 2 aromatic rings. The van der Waals surface area contributed by atoms with Gasteiger partial charge in [0.2, 0.25) is 11.8 Å². The summed E-state index contributed by atoms with van der Waals surface area (Å²) in [5, 5.41) is 0.971. The fourth-order valence-electron chi connectivity index (χ4n) is 5.28. The number of anilines is 1. The predicted octanol–water partition coefficient (Wildman–Crippen LogP) is 2.81. The van der Waals surface area contributed by atoms with E-state index in [9.17, 15) is 14.4 Å². The molecule has 0 bridgehead atoms. The van der Waals surface area contributed by atoms with Crippen molar-refractivity contribution in [2.75, 3.05) is 4.90 Å². The van der Waals surface area contributed by atoms with E-state index < -0.39 is 17.9 Å². The average Bonchev–Trinajstić information content (AvgIpc) is 3.20. The Labute approximate surface area is 169 Å². The molecule has 2 fully saturated rings. The van der Waals surface area contributed by atoms with Crippen LogP contribution in [-0.2, 0) is 14.4 Å². The van der Waals surface area contributed by atoms with E-state index in [1.165, 1.54) is 11.8 Å². The molecule has 0 saturated carbocycles. The summed E-state index contributed by atoms with van der Waals surface area (Å²) in [6.07, 6.45) is 6.40. The van der Waals surface area contributed by atoms with Crippen molar-refractivity contribution >= 4 is 40.3 Å².